The van der Waals surface area contributed by atoms with Crippen molar-refractivity contribution >= 4 is 7.60 Å². The summed E-state index contributed by atoms with van der Waals surface area (Å²) in [5, 5.41) is 0. The smallest absolute Gasteiger partial charge is 0.312 e. The monoisotopic (exact) mass is 206 g/mol. The van der Waals surface area contributed by atoms with Gasteiger partial charge in [0.2, 0.25) is 0 Å². The van der Waals surface area contributed by atoms with Gasteiger partial charge in [-0.25, -0.2) is 0 Å². The van der Waals surface area contributed by atoms with Gasteiger partial charge in [-0.15, -0.1) is 0 Å². The first-order valence-electron chi connectivity index (χ1n) is 3.10. The first kappa shape index (κ1) is 11.9. The Kier molecular flexibility index (Phi) is 4.23. The Morgan fingerprint density at radius 3 is 1.92 bits per heavy atom. The van der Waals surface area contributed by atoms with Gasteiger partial charge in [-0.1, -0.05) is 0 Å². The van der Waals surface area contributed by atoms with Gasteiger partial charge in [0.25, 0.3) is 0 Å². The lowest BCUT2D eigenvalue weighted by Crippen LogP contribution is -2.10. The number of hydrogen-bond acceptors (Lipinski definition) is 3. The maximum atomic E-state index is 11.6. The molecule has 74 valence electrons. The first-order chi connectivity index (χ1) is 5.33. The normalized spacial score (nSPS) is 13.4. The summed E-state index contributed by atoms with van der Waals surface area (Å²) in [6.45, 7) is 0. The van der Waals surface area contributed by atoms with Crippen molar-refractivity contribution in [3.63, 3.8) is 0 Å². The molecule has 0 heterocycles. The molecule has 0 spiro atoms. The second-order valence-electron chi connectivity index (χ2n) is 2.06. The molecule has 3 nitrogen and oxygen atoms in total. The molecule has 0 aliphatic carbocycles. The molecule has 0 saturated carbocycles. The van der Waals surface area contributed by atoms with Crippen molar-refractivity contribution in [3.05, 3.63) is 0 Å². The van der Waals surface area contributed by atoms with Crippen molar-refractivity contribution in [2.75, 3.05) is 20.4 Å². The zero-order valence-electron chi connectivity index (χ0n) is 6.72. The molecule has 0 saturated heterocycles. The molecule has 12 heavy (non-hydrogen) atoms. The molecule has 0 rings (SSSR count). The van der Waals surface area contributed by atoms with Crippen molar-refractivity contribution < 1.29 is 26.8 Å². The zero-order valence-corrected chi connectivity index (χ0v) is 7.61. The molecular formula is C5H10F3O3P. The van der Waals surface area contributed by atoms with Gasteiger partial charge in [-0.2, -0.15) is 13.2 Å². The first-order valence-corrected chi connectivity index (χ1v) is 4.83. The van der Waals surface area contributed by atoms with Crippen molar-refractivity contribution in [3.8, 4) is 0 Å². The Labute approximate surface area is 68.4 Å². The predicted molar refractivity (Wildman–Crippen MR) is 37.2 cm³/mol. The van der Waals surface area contributed by atoms with Crippen LogP contribution in [-0.4, -0.2) is 26.6 Å². The molecule has 0 amide bonds. The summed E-state index contributed by atoms with van der Waals surface area (Å²) in [5.74, 6) is 0. The van der Waals surface area contributed by atoms with Gasteiger partial charge in [-0.3, -0.25) is 4.57 Å². The summed E-state index contributed by atoms with van der Waals surface area (Å²) >= 11 is 0. The summed E-state index contributed by atoms with van der Waals surface area (Å²) in [6, 6.07) is 0. The minimum atomic E-state index is -4.33. The SMILES string of the molecule is COP(=O)(CCC(F)(F)F)OC. The molecule has 0 aliphatic heterocycles. The molecule has 0 aromatic carbocycles. The summed E-state index contributed by atoms with van der Waals surface area (Å²) in [5.41, 5.74) is 0. The van der Waals surface area contributed by atoms with Crippen molar-refractivity contribution in [2.24, 2.45) is 0 Å². The number of hydrogen-bond donors (Lipinski definition) is 0. The highest BCUT2D eigenvalue weighted by Crippen LogP contribution is 2.48. The zero-order chi connectivity index (χ0) is 9.83. The van der Waals surface area contributed by atoms with Crippen molar-refractivity contribution in [1.29, 1.82) is 0 Å². The molecule has 0 radical (unpaired) electrons. The fourth-order valence-corrected chi connectivity index (χ4v) is 1.56. The Hall–Kier alpha value is -0.0600. The highest BCUT2D eigenvalue weighted by atomic mass is 31.2. The standard InChI is InChI=1S/C5H10F3O3P/c1-10-12(9,11-2)4-3-5(6,7)8/h3-4H2,1-2H3. The largest absolute Gasteiger partial charge is 0.389 e. The lowest BCUT2D eigenvalue weighted by atomic mass is 10.5. The van der Waals surface area contributed by atoms with Crippen LogP contribution in [0.25, 0.3) is 0 Å². The summed E-state index contributed by atoms with van der Waals surface area (Å²) in [7, 11) is -1.39. The summed E-state index contributed by atoms with van der Waals surface area (Å²) in [4.78, 5) is 0. The number of rotatable bonds is 4. The van der Waals surface area contributed by atoms with E-state index in [2.05, 4.69) is 9.05 Å². The Bertz CT molecular complexity index is 171. The van der Waals surface area contributed by atoms with Crippen molar-refractivity contribution in [1.82, 2.24) is 0 Å². The van der Waals surface area contributed by atoms with E-state index in [1.54, 1.807) is 0 Å². The van der Waals surface area contributed by atoms with E-state index in [1.807, 2.05) is 0 Å². The molecule has 0 aromatic heterocycles. The van der Waals surface area contributed by atoms with Crippen LogP contribution in [0.15, 0.2) is 0 Å². The highest BCUT2D eigenvalue weighted by molar-refractivity contribution is 7.53. The minimum absolute atomic E-state index is 0.635. The Morgan fingerprint density at radius 2 is 1.67 bits per heavy atom. The third-order valence-corrected chi connectivity index (χ3v) is 3.11. The topological polar surface area (TPSA) is 35.5 Å². The number of halogens is 3. The van der Waals surface area contributed by atoms with E-state index in [0.717, 1.165) is 14.2 Å². The maximum Gasteiger partial charge on any atom is 0.389 e. The average molecular weight is 206 g/mol. The lowest BCUT2D eigenvalue weighted by Gasteiger charge is -2.14. The molecule has 0 unspecified atom stereocenters. The van der Waals surface area contributed by atoms with Crippen LogP contribution in [0.5, 0.6) is 0 Å². The van der Waals surface area contributed by atoms with Gasteiger partial charge in [0.1, 0.15) is 0 Å². The predicted octanol–water partition coefficient (Wildman–Crippen LogP) is 2.42. The van der Waals surface area contributed by atoms with Gasteiger partial charge in [0, 0.05) is 14.2 Å². The van der Waals surface area contributed by atoms with Crippen LogP contribution in [0.3, 0.4) is 0 Å². The van der Waals surface area contributed by atoms with Gasteiger partial charge < -0.3 is 9.05 Å². The van der Waals surface area contributed by atoms with Crippen LogP contribution in [0.2, 0.25) is 0 Å². The van der Waals surface area contributed by atoms with Crippen LogP contribution in [0.1, 0.15) is 6.42 Å². The molecule has 7 heteroatoms. The van der Waals surface area contributed by atoms with Crippen LogP contribution in [-0.2, 0) is 13.6 Å². The van der Waals surface area contributed by atoms with Crippen LogP contribution in [0, 0.1) is 0 Å². The van der Waals surface area contributed by atoms with E-state index >= 15 is 0 Å². The summed E-state index contributed by atoms with van der Waals surface area (Å²) in [6.07, 6.45) is -6.12. The average Bonchev–Trinajstić information content (AvgIpc) is 1.99. The van der Waals surface area contributed by atoms with E-state index in [9.17, 15) is 17.7 Å². The van der Waals surface area contributed by atoms with Crippen LogP contribution in [0.4, 0.5) is 13.2 Å². The third kappa shape index (κ3) is 4.74. The molecular weight excluding hydrogens is 196 g/mol. The highest BCUT2D eigenvalue weighted by Gasteiger charge is 2.33. The fourth-order valence-electron chi connectivity index (χ4n) is 0.521. The van der Waals surface area contributed by atoms with Crippen LogP contribution < -0.4 is 0 Å². The molecule has 0 fully saturated rings. The van der Waals surface area contributed by atoms with Gasteiger partial charge in [0.05, 0.1) is 12.6 Å². The lowest BCUT2D eigenvalue weighted by molar-refractivity contribution is -0.130. The van der Waals surface area contributed by atoms with E-state index in [0.29, 0.717) is 0 Å². The second-order valence-corrected chi connectivity index (χ2v) is 4.46. The second kappa shape index (κ2) is 4.25. The molecule has 0 N–H and O–H groups in total. The third-order valence-electron chi connectivity index (χ3n) is 1.23. The molecule has 0 bridgehead atoms. The van der Waals surface area contributed by atoms with E-state index in [4.69, 9.17) is 0 Å². The molecule has 0 atom stereocenters. The van der Waals surface area contributed by atoms with Crippen molar-refractivity contribution in [2.45, 2.75) is 12.6 Å². The van der Waals surface area contributed by atoms with E-state index in [1.165, 1.54) is 0 Å². The fraction of sp³-hybridized carbons (Fsp3) is 1.00. The minimum Gasteiger partial charge on any atom is -0.312 e. The van der Waals surface area contributed by atoms with E-state index < -0.39 is 26.4 Å². The van der Waals surface area contributed by atoms with Gasteiger partial charge in [0.15, 0.2) is 0 Å². The van der Waals surface area contributed by atoms with E-state index in [-0.39, 0.29) is 0 Å². The summed E-state index contributed by atoms with van der Waals surface area (Å²) < 4.78 is 54.6. The van der Waals surface area contributed by atoms with Gasteiger partial charge >= 0.3 is 13.8 Å². The Balaban J connectivity index is 3.99. The molecule has 0 aliphatic rings. The Morgan fingerprint density at radius 1 is 1.25 bits per heavy atom. The quantitative estimate of drug-likeness (QED) is 0.662. The van der Waals surface area contributed by atoms with Gasteiger partial charge in [-0.05, 0) is 0 Å². The van der Waals surface area contributed by atoms with Crippen LogP contribution >= 0.6 is 7.60 Å². The number of alkyl halides is 3. The maximum absolute atomic E-state index is 11.6. The molecule has 0 aromatic rings.